The van der Waals surface area contributed by atoms with Crippen molar-refractivity contribution in [1.82, 2.24) is 0 Å². The van der Waals surface area contributed by atoms with Crippen LogP contribution in [0, 0.1) is 5.92 Å². The van der Waals surface area contributed by atoms with E-state index in [1.165, 1.54) is 7.11 Å². The molecule has 1 aromatic carbocycles. The zero-order valence-electron chi connectivity index (χ0n) is 13.0. The summed E-state index contributed by atoms with van der Waals surface area (Å²) in [5.41, 5.74) is 1.25. The van der Waals surface area contributed by atoms with Gasteiger partial charge in [0.15, 0.2) is 0 Å². The minimum absolute atomic E-state index is 0.00334. The SMILES string of the molecule is CCOC(=O)C1CCC(c2ccc(C(=O)O)c(OC)c2)CC1. The van der Waals surface area contributed by atoms with Crippen LogP contribution in [0.15, 0.2) is 18.2 Å². The van der Waals surface area contributed by atoms with Crippen LogP contribution in [-0.4, -0.2) is 30.8 Å². The van der Waals surface area contributed by atoms with Gasteiger partial charge in [-0.05, 0) is 56.2 Å². The Bertz CT molecular complexity index is 544. The highest BCUT2D eigenvalue weighted by Gasteiger charge is 2.28. The van der Waals surface area contributed by atoms with Gasteiger partial charge in [-0.15, -0.1) is 0 Å². The van der Waals surface area contributed by atoms with E-state index in [0.717, 1.165) is 31.2 Å². The van der Waals surface area contributed by atoms with E-state index in [0.29, 0.717) is 18.3 Å². The molecule has 5 nitrogen and oxygen atoms in total. The summed E-state index contributed by atoms with van der Waals surface area (Å²) in [5.74, 6) is -0.370. The van der Waals surface area contributed by atoms with Crippen LogP contribution in [0.1, 0.15) is 54.4 Å². The van der Waals surface area contributed by atoms with E-state index in [1.807, 2.05) is 13.0 Å². The predicted molar refractivity (Wildman–Crippen MR) is 81.3 cm³/mol. The molecule has 1 saturated carbocycles. The Kier molecular flexibility index (Phi) is 5.41. The van der Waals surface area contributed by atoms with Crippen LogP contribution in [0.5, 0.6) is 5.75 Å². The van der Waals surface area contributed by atoms with Gasteiger partial charge in [-0.25, -0.2) is 4.79 Å². The molecule has 1 fully saturated rings. The van der Waals surface area contributed by atoms with Gasteiger partial charge in [0, 0.05) is 0 Å². The lowest BCUT2D eigenvalue weighted by molar-refractivity contribution is -0.149. The van der Waals surface area contributed by atoms with Crippen LogP contribution in [0.2, 0.25) is 0 Å². The first-order valence-electron chi connectivity index (χ1n) is 7.64. The van der Waals surface area contributed by atoms with E-state index in [9.17, 15) is 9.59 Å². The van der Waals surface area contributed by atoms with Crippen molar-refractivity contribution in [1.29, 1.82) is 0 Å². The van der Waals surface area contributed by atoms with Crippen LogP contribution in [0.4, 0.5) is 0 Å². The summed E-state index contributed by atoms with van der Waals surface area (Å²) < 4.78 is 10.3. The maximum absolute atomic E-state index is 11.8. The van der Waals surface area contributed by atoms with E-state index < -0.39 is 5.97 Å². The highest BCUT2D eigenvalue weighted by Crippen LogP contribution is 2.37. The molecule has 0 aromatic heterocycles. The van der Waals surface area contributed by atoms with Crippen LogP contribution < -0.4 is 4.74 Å². The Morgan fingerprint density at radius 3 is 2.45 bits per heavy atom. The maximum Gasteiger partial charge on any atom is 0.339 e. The van der Waals surface area contributed by atoms with Crippen molar-refractivity contribution in [2.24, 2.45) is 5.92 Å². The van der Waals surface area contributed by atoms with Crippen molar-refractivity contribution in [2.45, 2.75) is 38.5 Å². The molecule has 1 aromatic rings. The number of aromatic carboxylic acids is 1. The normalized spacial score (nSPS) is 21.2. The number of hydrogen-bond donors (Lipinski definition) is 1. The summed E-state index contributed by atoms with van der Waals surface area (Å²) >= 11 is 0. The summed E-state index contributed by atoms with van der Waals surface area (Å²) in [6.45, 7) is 2.24. The van der Waals surface area contributed by atoms with Gasteiger partial charge < -0.3 is 14.6 Å². The number of carboxylic acid groups (broad SMARTS) is 1. The van der Waals surface area contributed by atoms with Crippen LogP contribution in [0.25, 0.3) is 0 Å². The third kappa shape index (κ3) is 3.59. The van der Waals surface area contributed by atoms with Crippen molar-refractivity contribution in [2.75, 3.05) is 13.7 Å². The molecule has 0 heterocycles. The third-order valence-electron chi connectivity index (χ3n) is 4.27. The summed E-state index contributed by atoms with van der Waals surface area (Å²) in [6, 6.07) is 5.24. The second-order valence-corrected chi connectivity index (χ2v) is 5.57. The van der Waals surface area contributed by atoms with Gasteiger partial charge in [0.25, 0.3) is 0 Å². The number of methoxy groups -OCH3 is 1. The Morgan fingerprint density at radius 1 is 1.23 bits per heavy atom. The molecule has 2 rings (SSSR count). The van der Waals surface area contributed by atoms with Crippen LogP contribution in [0.3, 0.4) is 0 Å². The van der Waals surface area contributed by atoms with Crippen molar-refractivity contribution in [3.63, 3.8) is 0 Å². The first-order chi connectivity index (χ1) is 10.6. The van der Waals surface area contributed by atoms with E-state index in [4.69, 9.17) is 14.6 Å². The average Bonchev–Trinajstić information content (AvgIpc) is 2.54. The number of rotatable bonds is 5. The van der Waals surface area contributed by atoms with Crippen LogP contribution in [-0.2, 0) is 9.53 Å². The molecule has 1 aliphatic rings. The second-order valence-electron chi connectivity index (χ2n) is 5.57. The van der Waals surface area contributed by atoms with Gasteiger partial charge in [-0.3, -0.25) is 4.79 Å². The van der Waals surface area contributed by atoms with E-state index in [2.05, 4.69) is 0 Å². The fraction of sp³-hybridized carbons (Fsp3) is 0.529. The standard InChI is InChI=1S/C17H22O5/c1-3-22-17(20)12-6-4-11(5-7-12)13-8-9-14(16(18)19)15(10-13)21-2/h8-12H,3-7H2,1-2H3,(H,18,19). The topological polar surface area (TPSA) is 72.8 Å². The Balaban J connectivity index is 2.05. The first-order valence-corrected chi connectivity index (χ1v) is 7.64. The van der Waals surface area contributed by atoms with Crippen molar-refractivity contribution < 1.29 is 24.2 Å². The predicted octanol–water partition coefficient (Wildman–Crippen LogP) is 3.23. The fourth-order valence-electron chi connectivity index (χ4n) is 3.06. The molecule has 1 aliphatic carbocycles. The van der Waals surface area contributed by atoms with E-state index in [-0.39, 0.29) is 17.5 Å². The smallest absolute Gasteiger partial charge is 0.339 e. The van der Waals surface area contributed by atoms with Gasteiger partial charge in [0.2, 0.25) is 0 Å². The number of carboxylic acids is 1. The molecule has 0 saturated heterocycles. The number of ether oxygens (including phenoxy) is 2. The van der Waals surface area contributed by atoms with Gasteiger partial charge in [0.05, 0.1) is 19.6 Å². The zero-order valence-corrected chi connectivity index (χ0v) is 13.0. The molecule has 0 spiro atoms. The van der Waals surface area contributed by atoms with Gasteiger partial charge in [0.1, 0.15) is 11.3 Å². The van der Waals surface area contributed by atoms with Gasteiger partial charge in [-0.1, -0.05) is 6.07 Å². The number of hydrogen-bond acceptors (Lipinski definition) is 4. The molecule has 0 bridgehead atoms. The molecule has 5 heteroatoms. The number of carbonyl (C=O) groups excluding carboxylic acids is 1. The fourth-order valence-corrected chi connectivity index (χ4v) is 3.06. The lowest BCUT2D eigenvalue weighted by Crippen LogP contribution is -2.23. The summed E-state index contributed by atoms with van der Waals surface area (Å²) in [4.78, 5) is 22.9. The lowest BCUT2D eigenvalue weighted by Gasteiger charge is -2.27. The number of benzene rings is 1. The minimum atomic E-state index is -0.991. The largest absolute Gasteiger partial charge is 0.496 e. The number of carbonyl (C=O) groups is 2. The molecule has 0 atom stereocenters. The summed E-state index contributed by atoms with van der Waals surface area (Å²) in [6.07, 6.45) is 3.43. The molecule has 1 N–H and O–H groups in total. The molecule has 22 heavy (non-hydrogen) atoms. The van der Waals surface area contributed by atoms with Crippen molar-refractivity contribution in [3.8, 4) is 5.75 Å². The highest BCUT2D eigenvalue weighted by atomic mass is 16.5. The molecule has 0 unspecified atom stereocenters. The average molecular weight is 306 g/mol. The molecule has 0 aliphatic heterocycles. The Morgan fingerprint density at radius 2 is 1.91 bits per heavy atom. The molecule has 0 radical (unpaired) electrons. The quantitative estimate of drug-likeness (QED) is 0.845. The third-order valence-corrected chi connectivity index (χ3v) is 4.27. The molecule has 120 valence electrons. The minimum Gasteiger partial charge on any atom is -0.496 e. The highest BCUT2D eigenvalue weighted by molar-refractivity contribution is 5.91. The van der Waals surface area contributed by atoms with Crippen LogP contribution >= 0.6 is 0 Å². The monoisotopic (exact) mass is 306 g/mol. The van der Waals surface area contributed by atoms with E-state index in [1.54, 1.807) is 12.1 Å². The van der Waals surface area contributed by atoms with Gasteiger partial charge in [-0.2, -0.15) is 0 Å². The van der Waals surface area contributed by atoms with Crippen molar-refractivity contribution in [3.05, 3.63) is 29.3 Å². The lowest BCUT2D eigenvalue weighted by atomic mass is 9.78. The Hall–Kier alpha value is -2.04. The maximum atomic E-state index is 11.8. The van der Waals surface area contributed by atoms with Crippen molar-refractivity contribution >= 4 is 11.9 Å². The van der Waals surface area contributed by atoms with E-state index >= 15 is 0 Å². The first kappa shape index (κ1) is 16.3. The molecular formula is C17H22O5. The molecule has 0 amide bonds. The summed E-state index contributed by atoms with van der Waals surface area (Å²) in [7, 11) is 1.48. The van der Waals surface area contributed by atoms with Gasteiger partial charge >= 0.3 is 11.9 Å². The Labute approximate surface area is 130 Å². The number of esters is 1. The zero-order chi connectivity index (χ0) is 16.1. The second kappa shape index (κ2) is 7.29. The summed E-state index contributed by atoms with van der Waals surface area (Å²) in [5, 5.41) is 9.11. The molecular weight excluding hydrogens is 284 g/mol.